The molecule has 0 fully saturated rings. The molecule has 3 amide bonds. The van der Waals surface area contributed by atoms with Gasteiger partial charge in [-0.05, 0) is 55.3 Å². The summed E-state index contributed by atoms with van der Waals surface area (Å²) in [7, 11) is 1.47. The summed E-state index contributed by atoms with van der Waals surface area (Å²) in [5, 5.41) is 6.26. The fraction of sp³-hybridized carbons (Fsp3) is 0.240. The van der Waals surface area contributed by atoms with Crippen LogP contribution in [0.4, 0.5) is 19.9 Å². The molecule has 36 heavy (non-hydrogen) atoms. The minimum atomic E-state index is -0.565. The first-order chi connectivity index (χ1) is 17.3. The largest absolute Gasteiger partial charge is 0.495 e. The van der Waals surface area contributed by atoms with E-state index in [1.165, 1.54) is 36.6 Å². The second-order valence-electron chi connectivity index (χ2n) is 7.84. The maximum absolute atomic E-state index is 13.7. The van der Waals surface area contributed by atoms with Gasteiger partial charge in [0.15, 0.2) is 0 Å². The molecule has 0 radical (unpaired) electrons. The lowest BCUT2D eigenvalue weighted by molar-refractivity contribution is 0.101. The Kier molecular flexibility index (Phi) is 7.76. The van der Waals surface area contributed by atoms with Crippen LogP contribution < -0.4 is 15.4 Å². The van der Waals surface area contributed by atoms with Gasteiger partial charge >= 0.3 is 6.09 Å². The highest BCUT2D eigenvalue weighted by atomic mass is 35.5. The third kappa shape index (κ3) is 5.44. The van der Waals surface area contributed by atoms with Crippen LogP contribution in [-0.2, 0) is 17.7 Å². The molecular weight excluding hydrogens is 509 g/mol. The first-order valence-corrected chi connectivity index (χ1v) is 12.3. The predicted molar refractivity (Wildman–Crippen MR) is 136 cm³/mol. The molecule has 8 nitrogen and oxygen atoms in total. The molecule has 11 heteroatoms. The highest BCUT2D eigenvalue weighted by Gasteiger charge is 2.31. The van der Waals surface area contributed by atoms with Crippen molar-refractivity contribution in [1.29, 1.82) is 0 Å². The van der Waals surface area contributed by atoms with Crippen LogP contribution in [0.5, 0.6) is 5.75 Å². The summed E-state index contributed by atoms with van der Waals surface area (Å²) in [6.07, 6.45) is -0.0628. The SMILES string of the molecule is CCOC(=O)N1CCc2c(sc(NC(=O)c3cccc(F)c3)c2C(=O)Nc2cc(Cl)ccc2OC)C1. The molecule has 0 bridgehead atoms. The number of ether oxygens (including phenoxy) is 2. The quantitative estimate of drug-likeness (QED) is 0.433. The van der Waals surface area contributed by atoms with Gasteiger partial charge in [-0.2, -0.15) is 0 Å². The van der Waals surface area contributed by atoms with Crippen molar-refractivity contribution < 1.29 is 28.2 Å². The van der Waals surface area contributed by atoms with Crippen molar-refractivity contribution in [2.24, 2.45) is 0 Å². The zero-order valence-electron chi connectivity index (χ0n) is 19.5. The summed E-state index contributed by atoms with van der Waals surface area (Å²) in [5.41, 5.74) is 1.46. The fourth-order valence-electron chi connectivity index (χ4n) is 3.87. The van der Waals surface area contributed by atoms with E-state index in [0.717, 1.165) is 10.9 Å². The van der Waals surface area contributed by atoms with Gasteiger partial charge in [0, 0.05) is 22.0 Å². The molecule has 2 N–H and O–H groups in total. The van der Waals surface area contributed by atoms with Crippen LogP contribution in [0.3, 0.4) is 0 Å². The fourth-order valence-corrected chi connectivity index (χ4v) is 5.30. The van der Waals surface area contributed by atoms with Crippen LogP contribution in [-0.4, -0.2) is 43.1 Å². The molecule has 1 aliphatic rings. The molecule has 1 aromatic heterocycles. The molecule has 0 aliphatic carbocycles. The third-order valence-corrected chi connectivity index (χ3v) is 6.90. The number of anilines is 2. The number of hydrogen-bond acceptors (Lipinski definition) is 6. The average molecular weight is 532 g/mol. The first kappa shape index (κ1) is 25.5. The number of carbonyl (C=O) groups excluding carboxylic acids is 3. The Morgan fingerprint density at radius 1 is 1.14 bits per heavy atom. The average Bonchev–Trinajstić information content (AvgIpc) is 3.21. The molecule has 1 aliphatic heterocycles. The third-order valence-electron chi connectivity index (χ3n) is 5.53. The van der Waals surface area contributed by atoms with Crippen LogP contribution in [0.15, 0.2) is 42.5 Å². The maximum Gasteiger partial charge on any atom is 0.410 e. The Morgan fingerprint density at radius 2 is 1.94 bits per heavy atom. The highest BCUT2D eigenvalue weighted by molar-refractivity contribution is 7.17. The smallest absolute Gasteiger partial charge is 0.410 e. The number of benzene rings is 2. The van der Waals surface area contributed by atoms with Crippen LogP contribution >= 0.6 is 22.9 Å². The predicted octanol–water partition coefficient (Wildman–Crippen LogP) is 5.57. The van der Waals surface area contributed by atoms with E-state index >= 15 is 0 Å². The minimum absolute atomic E-state index is 0.109. The number of methoxy groups -OCH3 is 1. The summed E-state index contributed by atoms with van der Waals surface area (Å²) in [6.45, 7) is 2.55. The highest BCUT2D eigenvalue weighted by Crippen LogP contribution is 2.39. The van der Waals surface area contributed by atoms with E-state index in [0.29, 0.717) is 40.0 Å². The Morgan fingerprint density at radius 3 is 2.67 bits per heavy atom. The topological polar surface area (TPSA) is 97.0 Å². The Bertz CT molecular complexity index is 1330. The monoisotopic (exact) mass is 531 g/mol. The van der Waals surface area contributed by atoms with E-state index < -0.39 is 23.7 Å². The summed E-state index contributed by atoms with van der Waals surface area (Å²) >= 11 is 7.29. The van der Waals surface area contributed by atoms with Gasteiger partial charge in [-0.25, -0.2) is 9.18 Å². The number of halogens is 2. The number of fused-ring (bicyclic) bond motifs is 1. The summed E-state index contributed by atoms with van der Waals surface area (Å²) in [4.78, 5) is 41.0. The number of carbonyl (C=O) groups is 3. The van der Waals surface area contributed by atoms with Crippen molar-refractivity contribution in [3.05, 3.63) is 74.9 Å². The van der Waals surface area contributed by atoms with Gasteiger partial charge in [-0.1, -0.05) is 17.7 Å². The number of nitrogens with zero attached hydrogens (tertiary/aromatic N) is 1. The standard InChI is InChI=1S/C25H23ClFN3O5S/c1-3-35-25(33)30-10-9-17-20(13-30)36-24(29-22(31)14-5-4-6-16(27)11-14)21(17)23(32)28-18-12-15(26)7-8-19(18)34-2/h4-8,11-12H,3,9-10,13H2,1-2H3,(H,28,32)(H,29,31). The number of thiophene rings is 1. The van der Waals surface area contributed by atoms with Crippen molar-refractivity contribution in [3.63, 3.8) is 0 Å². The van der Waals surface area contributed by atoms with Crippen LogP contribution in [0.25, 0.3) is 0 Å². The number of rotatable bonds is 6. The van der Waals surface area contributed by atoms with Crippen molar-refractivity contribution in [3.8, 4) is 5.75 Å². The molecule has 0 saturated heterocycles. The lowest BCUT2D eigenvalue weighted by atomic mass is 10.0. The van der Waals surface area contributed by atoms with Crippen LogP contribution in [0.2, 0.25) is 5.02 Å². The van der Waals surface area contributed by atoms with Gasteiger partial charge in [0.05, 0.1) is 31.5 Å². The lowest BCUT2D eigenvalue weighted by Gasteiger charge is -2.26. The molecular formula is C25H23ClFN3O5S. The summed E-state index contributed by atoms with van der Waals surface area (Å²) in [5.74, 6) is -1.18. The molecule has 3 aromatic rings. The van der Waals surface area contributed by atoms with Gasteiger partial charge in [0.25, 0.3) is 11.8 Å². The van der Waals surface area contributed by atoms with E-state index in [-0.39, 0.29) is 24.3 Å². The molecule has 0 saturated carbocycles. The van der Waals surface area contributed by atoms with Crippen LogP contribution in [0, 0.1) is 5.82 Å². The van der Waals surface area contributed by atoms with Gasteiger partial charge in [-0.15, -0.1) is 11.3 Å². The van der Waals surface area contributed by atoms with E-state index in [4.69, 9.17) is 21.1 Å². The van der Waals surface area contributed by atoms with E-state index in [1.54, 1.807) is 30.0 Å². The van der Waals surface area contributed by atoms with Crippen LogP contribution in [0.1, 0.15) is 38.1 Å². The van der Waals surface area contributed by atoms with Crippen molar-refractivity contribution >= 4 is 51.5 Å². The first-order valence-electron chi connectivity index (χ1n) is 11.1. The Hall–Kier alpha value is -3.63. The zero-order valence-corrected chi connectivity index (χ0v) is 21.1. The maximum atomic E-state index is 13.7. The lowest BCUT2D eigenvalue weighted by Crippen LogP contribution is -2.36. The summed E-state index contributed by atoms with van der Waals surface area (Å²) in [6, 6.07) is 10.1. The molecule has 4 rings (SSSR count). The van der Waals surface area contributed by atoms with Gasteiger partial charge in [-0.3, -0.25) is 9.59 Å². The second-order valence-corrected chi connectivity index (χ2v) is 9.38. The molecule has 0 atom stereocenters. The molecule has 0 spiro atoms. The van der Waals surface area contributed by atoms with Gasteiger partial charge < -0.3 is 25.0 Å². The number of nitrogens with one attached hydrogen (secondary N) is 2. The minimum Gasteiger partial charge on any atom is -0.495 e. The molecule has 0 unspecified atom stereocenters. The van der Waals surface area contributed by atoms with Gasteiger partial charge in [0.1, 0.15) is 16.6 Å². The Balaban J connectivity index is 1.70. The van der Waals surface area contributed by atoms with Gasteiger partial charge in [0.2, 0.25) is 0 Å². The number of amides is 3. The van der Waals surface area contributed by atoms with E-state index in [2.05, 4.69) is 10.6 Å². The van der Waals surface area contributed by atoms with Crippen molar-refractivity contribution in [1.82, 2.24) is 4.90 Å². The van der Waals surface area contributed by atoms with E-state index in [1.807, 2.05) is 0 Å². The van der Waals surface area contributed by atoms with Crippen molar-refractivity contribution in [2.45, 2.75) is 19.9 Å². The Labute approximate surface area is 216 Å². The molecule has 188 valence electrons. The summed E-state index contributed by atoms with van der Waals surface area (Å²) < 4.78 is 24.1. The van der Waals surface area contributed by atoms with Crippen molar-refractivity contribution in [2.75, 3.05) is 30.9 Å². The number of hydrogen-bond donors (Lipinski definition) is 2. The second kappa shape index (κ2) is 11.0. The molecule has 2 aromatic carbocycles. The molecule has 2 heterocycles. The zero-order chi connectivity index (χ0) is 25.8. The van der Waals surface area contributed by atoms with E-state index in [9.17, 15) is 18.8 Å². The normalized spacial score (nSPS) is 12.5.